The molecule has 1 fully saturated rings. The quantitative estimate of drug-likeness (QED) is 0.817. The number of nitrogens with one attached hydrogen (secondary N) is 1. The van der Waals surface area contributed by atoms with Gasteiger partial charge in [0.2, 0.25) is 0 Å². The molecule has 21 heavy (non-hydrogen) atoms. The van der Waals surface area contributed by atoms with Gasteiger partial charge in [0.1, 0.15) is 0 Å². The first kappa shape index (κ1) is 15.9. The van der Waals surface area contributed by atoms with Crippen LogP contribution in [0.15, 0.2) is 18.2 Å². The number of nitrogens with two attached hydrogens (primary N) is 1. The van der Waals surface area contributed by atoms with Crippen molar-refractivity contribution in [3.63, 3.8) is 0 Å². The lowest BCUT2D eigenvalue weighted by molar-refractivity contribution is -0.136. The molecule has 2 rings (SSSR count). The highest BCUT2D eigenvalue weighted by atomic mass is 19.4. The monoisotopic (exact) mass is 301 g/mol. The molecule has 3 nitrogen and oxygen atoms in total. The number of hydrogen-bond donors (Lipinski definition) is 2. The number of rotatable bonds is 5. The van der Waals surface area contributed by atoms with E-state index in [1.54, 1.807) is 0 Å². The third kappa shape index (κ3) is 4.27. The lowest BCUT2D eigenvalue weighted by Gasteiger charge is -2.24. The number of anilines is 2. The Morgan fingerprint density at radius 3 is 2.57 bits per heavy atom. The molecule has 0 radical (unpaired) electrons. The molecule has 1 aromatic carbocycles. The molecule has 3 N–H and O–H groups in total. The molecule has 0 heterocycles. The van der Waals surface area contributed by atoms with Crippen LogP contribution in [0.2, 0.25) is 0 Å². The van der Waals surface area contributed by atoms with Crippen LogP contribution < -0.4 is 11.1 Å². The largest absolute Gasteiger partial charge is 0.418 e. The van der Waals surface area contributed by atoms with E-state index in [4.69, 9.17) is 5.73 Å². The molecule has 0 spiro atoms. The summed E-state index contributed by atoms with van der Waals surface area (Å²) in [6, 6.07) is 4.43. The minimum absolute atomic E-state index is 0.0940. The highest BCUT2D eigenvalue weighted by molar-refractivity contribution is 5.59. The Balaban J connectivity index is 1.93. The molecule has 0 unspecified atom stereocenters. The SMILES string of the molecule is CN(CCNc1ccc(N)cc1C(F)(F)F)C1CCCC1. The molecule has 6 heteroatoms. The summed E-state index contributed by atoms with van der Waals surface area (Å²) in [6.45, 7) is 1.21. The van der Waals surface area contributed by atoms with E-state index in [9.17, 15) is 13.2 Å². The predicted octanol–water partition coefficient (Wildman–Crippen LogP) is 3.57. The zero-order valence-corrected chi connectivity index (χ0v) is 12.2. The van der Waals surface area contributed by atoms with Crippen molar-refractivity contribution in [2.45, 2.75) is 37.9 Å². The minimum atomic E-state index is -4.39. The number of benzene rings is 1. The average Bonchev–Trinajstić information content (AvgIpc) is 2.93. The van der Waals surface area contributed by atoms with Crippen LogP contribution in [0, 0.1) is 0 Å². The van der Waals surface area contributed by atoms with Crippen molar-refractivity contribution in [2.24, 2.45) is 0 Å². The summed E-state index contributed by atoms with van der Waals surface area (Å²) in [7, 11) is 2.03. The van der Waals surface area contributed by atoms with Crippen LogP contribution in [0.3, 0.4) is 0 Å². The molecule has 1 aromatic rings. The molecule has 0 amide bonds. The molecule has 0 aliphatic heterocycles. The molecule has 118 valence electrons. The minimum Gasteiger partial charge on any atom is -0.399 e. The number of nitrogen functional groups attached to an aromatic ring is 1. The summed E-state index contributed by atoms with van der Waals surface area (Å²) >= 11 is 0. The van der Waals surface area contributed by atoms with Crippen LogP contribution >= 0.6 is 0 Å². The first-order valence-electron chi connectivity index (χ1n) is 7.29. The smallest absolute Gasteiger partial charge is 0.399 e. The fourth-order valence-corrected chi connectivity index (χ4v) is 2.85. The van der Waals surface area contributed by atoms with Crippen molar-refractivity contribution in [3.05, 3.63) is 23.8 Å². The van der Waals surface area contributed by atoms with Crippen molar-refractivity contribution in [1.82, 2.24) is 4.90 Å². The number of likely N-dealkylation sites (N-methyl/N-ethyl adjacent to an activating group) is 1. The maximum Gasteiger partial charge on any atom is 0.418 e. The summed E-state index contributed by atoms with van der Waals surface area (Å²) in [5.74, 6) is 0. The van der Waals surface area contributed by atoms with Gasteiger partial charge in [-0.25, -0.2) is 0 Å². The van der Waals surface area contributed by atoms with Crippen LogP contribution in [0.1, 0.15) is 31.2 Å². The van der Waals surface area contributed by atoms with Gasteiger partial charge >= 0.3 is 6.18 Å². The second-order valence-corrected chi connectivity index (χ2v) is 5.65. The van der Waals surface area contributed by atoms with Gasteiger partial charge in [0.15, 0.2) is 0 Å². The Morgan fingerprint density at radius 2 is 1.95 bits per heavy atom. The van der Waals surface area contributed by atoms with E-state index in [1.807, 2.05) is 7.05 Å². The van der Waals surface area contributed by atoms with Crippen LogP contribution in [0.25, 0.3) is 0 Å². The fourth-order valence-electron chi connectivity index (χ4n) is 2.85. The topological polar surface area (TPSA) is 41.3 Å². The van der Waals surface area contributed by atoms with E-state index in [0.717, 1.165) is 12.6 Å². The molecule has 0 bridgehead atoms. The lowest BCUT2D eigenvalue weighted by atomic mass is 10.1. The standard InChI is InChI=1S/C15H22F3N3/c1-21(12-4-2-3-5-12)9-8-20-14-7-6-11(19)10-13(14)15(16,17)18/h6-7,10,12,20H,2-5,8-9,19H2,1H3. The summed E-state index contributed by atoms with van der Waals surface area (Å²) in [6.07, 6.45) is 0.477. The van der Waals surface area contributed by atoms with Gasteiger partial charge in [0.25, 0.3) is 0 Å². The zero-order valence-electron chi connectivity index (χ0n) is 12.2. The Morgan fingerprint density at radius 1 is 1.29 bits per heavy atom. The summed E-state index contributed by atoms with van der Waals surface area (Å²) in [5, 5.41) is 2.88. The number of halogens is 3. The molecule has 1 aliphatic rings. The molecule has 0 atom stereocenters. The molecule has 1 aliphatic carbocycles. The molecule has 0 saturated heterocycles. The van der Waals surface area contributed by atoms with Gasteiger partial charge in [0.05, 0.1) is 5.56 Å². The van der Waals surface area contributed by atoms with Gasteiger partial charge in [-0.1, -0.05) is 12.8 Å². The molecular weight excluding hydrogens is 279 g/mol. The second-order valence-electron chi connectivity index (χ2n) is 5.65. The normalized spacial score (nSPS) is 16.6. The van der Waals surface area contributed by atoms with Crippen LogP contribution in [-0.4, -0.2) is 31.1 Å². The fraction of sp³-hybridized carbons (Fsp3) is 0.600. The maximum absolute atomic E-state index is 13.0. The van der Waals surface area contributed by atoms with Gasteiger partial charge in [-0.05, 0) is 38.1 Å². The van der Waals surface area contributed by atoms with Crippen LogP contribution in [0.5, 0.6) is 0 Å². The number of nitrogens with zero attached hydrogens (tertiary/aromatic N) is 1. The molecular formula is C15H22F3N3. The van der Waals surface area contributed by atoms with Crippen LogP contribution in [0.4, 0.5) is 24.5 Å². The number of alkyl halides is 3. The van der Waals surface area contributed by atoms with Gasteiger partial charge in [0, 0.05) is 30.5 Å². The van der Waals surface area contributed by atoms with Crippen LogP contribution in [-0.2, 0) is 6.18 Å². The van der Waals surface area contributed by atoms with E-state index < -0.39 is 11.7 Å². The van der Waals surface area contributed by atoms with Crippen molar-refractivity contribution in [1.29, 1.82) is 0 Å². The third-order valence-corrected chi connectivity index (χ3v) is 4.08. The van der Waals surface area contributed by atoms with E-state index in [-0.39, 0.29) is 11.4 Å². The van der Waals surface area contributed by atoms with Gasteiger partial charge in [-0.2, -0.15) is 13.2 Å². The third-order valence-electron chi connectivity index (χ3n) is 4.08. The molecule has 1 saturated carbocycles. The maximum atomic E-state index is 13.0. The van der Waals surface area contributed by atoms with E-state index in [0.29, 0.717) is 12.6 Å². The highest BCUT2D eigenvalue weighted by Crippen LogP contribution is 2.36. The van der Waals surface area contributed by atoms with Gasteiger partial charge in [-0.3, -0.25) is 0 Å². The lowest BCUT2D eigenvalue weighted by Crippen LogP contribution is -2.33. The predicted molar refractivity (Wildman–Crippen MR) is 79.2 cm³/mol. The van der Waals surface area contributed by atoms with Crippen molar-refractivity contribution < 1.29 is 13.2 Å². The summed E-state index contributed by atoms with van der Waals surface area (Å²) < 4.78 is 38.9. The average molecular weight is 301 g/mol. The summed E-state index contributed by atoms with van der Waals surface area (Å²) in [4.78, 5) is 2.23. The number of hydrogen-bond acceptors (Lipinski definition) is 3. The first-order chi connectivity index (χ1) is 9.88. The zero-order chi connectivity index (χ0) is 15.5. The highest BCUT2D eigenvalue weighted by Gasteiger charge is 2.33. The molecule has 0 aromatic heterocycles. The van der Waals surface area contributed by atoms with Gasteiger partial charge in [-0.15, -0.1) is 0 Å². The van der Waals surface area contributed by atoms with E-state index >= 15 is 0 Å². The van der Waals surface area contributed by atoms with E-state index in [1.165, 1.54) is 37.8 Å². The Hall–Kier alpha value is -1.43. The second kappa shape index (κ2) is 6.56. The van der Waals surface area contributed by atoms with Gasteiger partial charge < -0.3 is 16.0 Å². The Kier molecular flexibility index (Phi) is 4.98. The summed E-state index contributed by atoms with van der Waals surface area (Å²) in [5.41, 5.74) is 4.96. The first-order valence-corrected chi connectivity index (χ1v) is 7.29. The Labute approximate surface area is 123 Å². The van der Waals surface area contributed by atoms with Crippen molar-refractivity contribution in [2.75, 3.05) is 31.2 Å². The van der Waals surface area contributed by atoms with Crippen molar-refractivity contribution in [3.8, 4) is 0 Å². The van der Waals surface area contributed by atoms with E-state index in [2.05, 4.69) is 10.2 Å². The van der Waals surface area contributed by atoms with Crippen molar-refractivity contribution >= 4 is 11.4 Å². The Bertz CT molecular complexity index is 468.